The average Bonchev–Trinajstić information content (AvgIpc) is 3.22. The SMILES string of the molecule is COC(=O)C1=C(c2ccccc2)CC(c2ccccc2)c2c1[nH]c1ccc(SC)cc21. The van der Waals surface area contributed by atoms with Crippen LogP contribution < -0.4 is 0 Å². The lowest BCUT2D eigenvalue weighted by atomic mass is 9.75. The Bertz CT molecular complexity index is 1290. The highest BCUT2D eigenvalue weighted by Gasteiger charge is 2.35. The van der Waals surface area contributed by atoms with Crippen LogP contribution in [0.1, 0.15) is 34.7 Å². The molecule has 1 aromatic heterocycles. The average molecular weight is 426 g/mol. The van der Waals surface area contributed by atoms with E-state index in [1.54, 1.807) is 11.8 Å². The summed E-state index contributed by atoms with van der Waals surface area (Å²) >= 11 is 1.73. The monoisotopic (exact) mass is 425 g/mol. The molecule has 1 N–H and O–H groups in total. The van der Waals surface area contributed by atoms with Crippen LogP contribution in [0.4, 0.5) is 0 Å². The number of aromatic nitrogens is 1. The molecule has 1 aliphatic carbocycles. The second kappa shape index (κ2) is 8.12. The second-order valence-corrected chi connectivity index (χ2v) is 8.58. The van der Waals surface area contributed by atoms with Crippen molar-refractivity contribution in [1.82, 2.24) is 4.98 Å². The minimum absolute atomic E-state index is 0.144. The fourth-order valence-corrected chi connectivity index (χ4v) is 5.08. The molecule has 0 spiro atoms. The molecule has 0 amide bonds. The number of rotatable bonds is 4. The number of H-pyrrole nitrogens is 1. The number of carbonyl (C=O) groups is 1. The molecule has 1 aliphatic rings. The molecule has 0 radical (unpaired) electrons. The van der Waals surface area contributed by atoms with Crippen molar-refractivity contribution in [3.05, 3.63) is 101 Å². The Hall–Kier alpha value is -3.24. The molecule has 0 bridgehead atoms. The van der Waals surface area contributed by atoms with E-state index in [1.807, 2.05) is 24.3 Å². The van der Waals surface area contributed by atoms with Crippen LogP contribution >= 0.6 is 11.8 Å². The minimum Gasteiger partial charge on any atom is -0.465 e. The van der Waals surface area contributed by atoms with E-state index in [0.29, 0.717) is 5.57 Å². The normalized spacial score (nSPS) is 15.7. The van der Waals surface area contributed by atoms with E-state index >= 15 is 0 Å². The third-order valence-corrected chi connectivity index (χ3v) is 6.79. The van der Waals surface area contributed by atoms with Gasteiger partial charge in [0.15, 0.2) is 0 Å². The number of thioether (sulfide) groups is 1. The number of methoxy groups -OCH3 is 1. The Morgan fingerprint density at radius 1 is 1.00 bits per heavy atom. The fourth-order valence-electron chi connectivity index (χ4n) is 4.64. The van der Waals surface area contributed by atoms with Crippen molar-refractivity contribution in [3.8, 4) is 0 Å². The Balaban J connectivity index is 1.85. The smallest absolute Gasteiger partial charge is 0.340 e. The topological polar surface area (TPSA) is 42.1 Å². The molecule has 31 heavy (non-hydrogen) atoms. The molecule has 5 rings (SSSR count). The van der Waals surface area contributed by atoms with Crippen LogP contribution in [0.5, 0.6) is 0 Å². The van der Waals surface area contributed by atoms with Crippen LogP contribution in [0.15, 0.2) is 83.8 Å². The number of fused-ring (bicyclic) bond motifs is 3. The van der Waals surface area contributed by atoms with Gasteiger partial charge in [-0.15, -0.1) is 11.8 Å². The van der Waals surface area contributed by atoms with Crippen LogP contribution in [-0.2, 0) is 9.53 Å². The van der Waals surface area contributed by atoms with Crippen molar-refractivity contribution in [2.45, 2.75) is 17.2 Å². The fraction of sp³-hybridized carbons (Fsp3) is 0.148. The maximum absolute atomic E-state index is 13.1. The maximum Gasteiger partial charge on any atom is 0.340 e. The third-order valence-electron chi connectivity index (χ3n) is 6.07. The summed E-state index contributed by atoms with van der Waals surface area (Å²) in [5.41, 5.74) is 7.05. The molecule has 0 saturated heterocycles. The zero-order valence-electron chi connectivity index (χ0n) is 17.5. The van der Waals surface area contributed by atoms with Crippen LogP contribution in [0.25, 0.3) is 22.0 Å². The van der Waals surface area contributed by atoms with Crippen molar-refractivity contribution in [2.24, 2.45) is 0 Å². The Kier molecular flexibility index (Phi) is 5.16. The van der Waals surface area contributed by atoms with Gasteiger partial charge in [0, 0.05) is 21.7 Å². The van der Waals surface area contributed by atoms with E-state index in [0.717, 1.165) is 28.8 Å². The van der Waals surface area contributed by atoms with Crippen LogP contribution in [-0.4, -0.2) is 24.3 Å². The van der Waals surface area contributed by atoms with Crippen molar-refractivity contribution in [2.75, 3.05) is 13.4 Å². The predicted molar refractivity (Wildman–Crippen MR) is 128 cm³/mol. The standard InChI is InChI=1S/C27H23NO2S/c1-30-27(29)25-21(18-11-7-4-8-12-18)16-20(17-9-5-3-6-10-17)24-22-15-19(31-2)13-14-23(22)28-26(24)25/h3-15,20,28H,16H2,1-2H3. The van der Waals surface area contributed by atoms with Gasteiger partial charge in [-0.25, -0.2) is 4.79 Å². The van der Waals surface area contributed by atoms with Gasteiger partial charge >= 0.3 is 5.97 Å². The minimum atomic E-state index is -0.303. The maximum atomic E-state index is 13.1. The van der Waals surface area contributed by atoms with Crippen molar-refractivity contribution >= 4 is 39.8 Å². The molecule has 0 aliphatic heterocycles. The number of allylic oxidation sites excluding steroid dienone is 1. The first-order valence-electron chi connectivity index (χ1n) is 10.3. The number of carbonyl (C=O) groups excluding carboxylic acids is 1. The Morgan fingerprint density at radius 3 is 2.39 bits per heavy atom. The first-order valence-corrected chi connectivity index (χ1v) is 11.6. The first-order chi connectivity index (χ1) is 15.2. The lowest BCUT2D eigenvalue weighted by Crippen LogP contribution is -2.17. The van der Waals surface area contributed by atoms with Gasteiger partial charge in [-0.05, 0) is 53.1 Å². The zero-order chi connectivity index (χ0) is 21.4. The number of aromatic amines is 1. The number of benzene rings is 3. The summed E-state index contributed by atoms with van der Waals surface area (Å²) in [6, 6.07) is 27.2. The van der Waals surface area contributed by atoms with Crippen LogP contribution in [0.2, 0.25) is 0 Å². The van der Waals surface area contributed by atoms with Gasteiger partial charge < -0.3 is 9.72 Å². The molecular weight excluding hydrogens is 402 g/mol. The molecule has 3 nitrogen and oxygen atoms in total. The number of esters is 1. The molecule has 4 aromatic rings. The quantitative estimate of drug-likeness (QED) is 0.299. The van der Waals surface area contributed by atoms with Gasteiger partial charge in [-0.2, -0.15) is 0 Å². The summed E-state index contributed by atoms with van der Waals surface area (Å²) in [4.78, 5) is 17.8. The van der Waals surface area contributed by atoms with Crippen LogP contribution in [0, 0.1) is 0 Å². The molecule has 154 valence electrons. The van der Waals surface area contributed by atoms with Crippen LogP contribution in [0.3, 0.4) is 0 Å². The van der Waals surface area contributed by atoms with Gasteiger partial charge in [0.2, 0.25) is 0 Å². The Labute approximate surface area is 186 Å². The first kappa shape index (κ1) is 19.7. The summed E-state index contributed by atoms with van der Waals surface area (Å²) in [5, 5.41) is 1.17. The third kappa shape index (κ3) is 3.37. The van der Waals surface area contributed by atoms with Gasteiger partial charge in [0.05, 0.1) is 18.4 Å². The molecule has 1 heterocycles. The highest BCUT2D eigenvalue weighted by Crippen LogP contribution is 2.49. The van der Waals surface area contributed by atoms with E-state index in [4.69, 9.17) is 4.74 Å². The summed E-state index contributed by atoms with van der Waals surface area (Å²) in [6.07, 6.45) is 2.82. The van der Waals surface area contributed by atoms with E-state index in [-0.39, 0.29) is 11.9 Å². The molecule has 3 aromatic carbocycles. The van der Waals surface area contributed by atoms with Crippen molar-refractivity contribution in [1.29, 1.82) is 0 Å². The number of ether oxygens (including phenoxy) is 1. The highest BCUT2D eigenvalue weighted by atomic mass is 32.2. The lowest BCUT2D eigenvalue weighted by Gasteiger charge is -2.28. The van der Waals surface area contributed by atoms with E-state index in [2.05, 4.69) is 65.8 Å². The Morgan fingerprint density at radius 2 is 1.71 bits per heavy atom. The number of nitrogens with one attached hydrogen (secondary N) is 1. The molecule has 0 fully saturated rings. The van der Waals surface area contributed by atoms with E-state index in [9.17, 15) is 4.79 Å². The molecule has 4 heteroatoms. The summed E-state index contributed by atoms with van der Waals surface area (Å²) < 4.78 is 5.26. The largest absolute Gasteiger partial charge is 0.465 e. The van der Waals surface area contributed by atoms with Crippen molar-refractivity contribution < 1.29 is 9.53 Å². The number of hydrogen-bond acceptors (Lipinski definition) is 3. The molecule has 1 atom stereocenters. The van der Waals surface area contributed by atoms with Gasteiger partial charge in [-0.3, -0.25) is 0 Å². The summed E-state index contributed by atoms with van der Waals surface area (Å²) in [5.74, 6) is -0.158. The van der Waals surface area contributed by atoms with E-state index in [1.165, 1.54) is 28.5 Å². The predicted octanol–water partition coefficient (Wildman–Crippen LogP) is 6.51. The van der Waals surface area contributed by atoms with Gasteiger partial charge in [-0.1, -0.05) is 60.7 Å². The number of hydrogen-bond donors (Lipinski definition) is 1. The zero-order valence-corrected chi connectivity index (χ0v) is 18.3. The molecule has 0 saturated carbocycles. The van der Waals surface area contributed by atoms with Gasteiger partial charge in [0.25, 0.3) is 0 Å². The van der Waals surface area contributed by atoms with Gasteiger partial charge in [0.1, 0.15) is 0 Å². The van der Waals surface area contributed by atoms with Crippen molar-refractivity contribution in [3.63, 3.8) is 0 Å². The molecule has 1 unspecified atom stereocenters. The summed E-state index contributed by atoms with van der Waals surface area (Å²) in [7, 11) is 1.45. The highest BCUT2D eigenvalue weighted by molar-refractivity contribution is 7.98. The van der Waals surface area contributed by atoms with E-state index < -0.39 is 0 Å². The molecular formula is C27H23NO2S. The summed E-state index contributed by atoms with van der Waals surface area (Å²) in [6.45, 7) is 0. The second-order valence-electron chi connectivity index (χ2n) is 7.70. The lowest BCUT2D eigenvalue weighted by molar-refractivity contribution is -0.133.